The van der Waals surface area contributed by atoms with Crippen molar-refractivity contribution in [3.05, 3.63) is 0 Å². The summed E-state index contributed by atoms with van der Waals surface area (Å²) in [7, 11) is -5.94. The van der Waals surface area contributed by atoms with Gasteiger partial charge in [-0.25, -0.2) is 4.79 Å². The first-order chi connectivity index (χ1) is 28.7. The maximum absolute atomic E-state index is 15.1. The van der Waals surface area contributed by atoms with Crippen LogP contribution in [0.25, 0.3) is 0 Å². The molecule has 0 amide bonds. The van der Waals surface area contributed by atoms with E-state index < -0.39 is 104 Å². The molecular weight excluding hydrogens is 835 g/mol. The Balaban J connectivity index is 1.22. The van der Waals surface area contributed by atoms with Crippen molar-refractivity contribution in [2.75, 3.05) is 13.2 Å². The average molecular weight is 901 g/mol. The standard InChI is InChI=1S/C45H66F2O14S/c1-26-29-8-9-30(15-29)33(26)17-31(36(49)60-42(5)11-6-7-12-42)16-32(35(48)59-34-10-13-57-37(34)50)22-41(4,23-40(2,3)38(51)58-25-45(46,47)62(54,55)56)39(52)61-44-20-27-14-28(21-44)19-43(53,18-27)24-44/h26-34,53H,6-25H2,1-5H3,(H,54,55,56). The molecule has 8 fully saturated rings. The number of carbonyl (C=O) groups excluding carboxylic acids is 5. The van der Waals surface area contributed by atoms with Crippen LogP contribution in [-0.4, -0.2) is 89.3 Å². The highest BCUT2D eigenvalue weighted by molar-refractivity contribution is 7.86. The SMILES string of the molecule is CC1C2CCC(C2)C1CC(CC(CC(C)(CC(C)(C)C(=O)OCC(F)(F)S(=O)(=O)O)C(=O)OC12CC3CC(CC(O)(C3)C1)C2)C(=O)OC1CCOC1=O)C(=O)OC1(C)CCCC1. The van der Waals surface area contributed by atoms with E-state index in [1.807, 2.05) is 6.92 Å². The fourth-order valence-corrected chi connectivity index (χ4v) is 13.7. The van der Waals surface area contributed by atoms with Crippen LogP contribution in [0.15, 0.2) is 0 Å². The summed E-state index contributed by atoms with van der Waals surface area (Å²) < 4.78 is 88.7. The van der Waals surface area contributed by atoms with Crippen molar-refractivity contribution in [2.45, 2.75) is 178 Å². The molecule has 1 heterocycles. The van der Waals surface area contributed by atoms with Crippen LogP contribution in [-0.2, 0) is 57.8 Å². The zero-order valence-corrected chi connectivity index (χ0v) is 37.6. The Kier molecular flexibility index (Phi) is 12.8. The number of fused-ring (bicyclic) bond motifs is 2. The van der Waals surface area contributed by atoms with Crippen LogP contribution in [0.3, 0.4) is 0 Å². The van der Waals surface area contributed by atoms with Crippen molar-refractivity contribution in [1.29, 1.82) is 0 Å². The summed E-state index contributed by atoms with van der Waals surface area (Å²) in [6.45, 7) is 6.28. The van der Waals surface area contributed by atoms with Gasteiger partial charge in [-0.3, -0.25) is 23.7 Å². The minimum Gasteiger partial charge on any atom is -0.463 e. The summed E-state index contributed by atoms with van der Waals surface area (Å²) in [5.74, 6) is -4.57. The lowest BCUT2D eigenvalue weighted by Gasteiger charge is -2.59. The first-order valence-electron chi connectivity index (χ1n) is 22.8. The second kappa shape index (κ2) is 16.8. The fourth-order valence-electron chi connectivity index (χ4n) is 13.5. The molecule has 2 N–H and O–H groups in total. The maximum Gasteiger partial charge on any atom is 0.402 e. The number of aliphatic hydroxyl groups is 1. The van der Waals surface area contributed by atoms with E-state index in [1.54, 1.807) is 0 Å². The van der Waals surface area contributed by atoms with Gasteiger partial charge in [0, 0.05) is 12.8 Å². The lowest BCUT2D eigenvalue weighted by Crippen LogP contribution is -2.61. The molecule has 14 nitrogen and oxygen atoms in total. The highest BCUT2D eigenvalue weighted by Crippen LogP contribution is 2.60. The van der Waals surface area contributed by atoms with Gasteiger partial charge in [-0.05, 0) is 166 Å². The van der Waals surface area contributed by atoms with Crippen LogP contribution < -0.4 is 0 Å². The van der Waals surface area contributed by atoms with Crippen molar-refractivity contribution in [1.82, 2.24) is 0 Å². The number of alkyl halides is 2. The van der Waals surface area contributed by atoms with Crippen molar-refractivity contribution in [2.24, 2.45) is 58.2 Å². The molecule has 1 aliphatic heterocycles. The van der Waals surface area contributed by atoms with Crippen molar-refractivity contribution >= 4 is 40.0 Å². The molecule has 0 radical (unpaired) electrons. The minimum atomic E-state index is -5.94. The van der Waals surface area contributed by atoms with E-state index in [0.717, 1.165) is 38.5 Å². The Bertz CT molecular complexity index is 1860. The predicted octanol–water partition coefficient (Wildman–Crippen LogP) is 6.88. The maximum atomic E-state index is 15.1. The molecule has 7 aliphatic carbocycles. The molecule has 1 saturated heterocycles. The number of rotatable bonds is 18. The Morgan fingerprint density at radius 1 is 0.903 bits per heavy atom. The van der Waals surface area contributed by atoms with Gasteiger partial charge < -0.3 is 28.8 Å². The molecule has 0 spiro atoms. The third-order valence-corrected chi connectivity index (χ3v) is 17.0. The highest BCUT2D eigenvalue weighted by Gasteiger charge is 2.61. The molecule has 6 bridgehead atoms. The fraction of sp³-hybridized carbons (Fsp3) is 0.889. The number of carbonyl (C=O) groups is 5. The third kappa shape index (κ3) is 9.84. The van der Waals surface area contributed by atoms with E-state index in [0.29, 0.717) is 62.7 Å². The smallest absolute Gasteiger partial charge is 0.402 e. The quantitative estimate of drug-likeness (QED) is 0.0818. The largest absolute Gasteiger partial charge is 0.463 e. The monoisotopic (exact) mass is 900 g/mol. The summed E-state index contributed by atoms with van der Waals surface area (Å²) >= 11 is 0. The van der Waals surface area contributed by atoms with Gasteiger partial charge in [0.1, 0.15) is 11.2 Å². The Morgan fingerprint density at radius 3 is 2.11 bits per heavy atom. The van der Waals surface area contributed by atoms with Crippen LogP contribution in [0.4, 0.5) is 8.78 Å². The zero-order chi connectivity index (χ0) is 45.3. The van der Waals surface area contributed by atoms with Gasteiger partial charge in [-0.15, -0.1) is 0 Å². The van der Waals surface area contributed by atoms with Gasteiger partial charge in [0.2, 0.25) is 6.10 Å². The van der Waals surface area contributed by atoms with E-state index >= 15 is 4.79 Å². The second-order valence-electron chi connectivity index (χ2n) is 22.0. The van der Waals surface area contributed by atoms with Crippen LogP contribution in [0.1, 0.15) is 150 Å². The van der Waals surface area contributed by atoms with Gasteiger partial charge in [-0.2, -0.15) is 17.2 Å². The molecule has 0 aromatic heterocycles. The van der Waals surface area contributed by atoms with E-state index in [1.165, 1.54) is 20.8 Å². The van der Waals surface area contributed by atoms with Crippen molar-refractivity contribution in [3.8, 4) is 0 Å². The van der Waals surface area contributed by atoms with E-state index in [9.17, 15) is 41.5 Å². The number of cyclic esters (lactones) is 1. The average Bonchev–Trinajstić information content (AvgIpc) is 3.95. The molecule has 7 saturated carbocycles. The molecule has 0 aromatic carbocycles. The predicted molar refractivity (Wildman–Crippen MR) is 215 cm³/mol. The molecule has 10 atom stereocenters. The van der Waals surface area contributed by atoms with Crippen molar-refractivity contribution in [3.63, 3.8) is 0 Å². The summed E-state index contributed by atoms with van der Waals surface area (Å²) in [6.07, 6.45) is 8.02. The summed E-state index contributed by atoms with van der Waals surface area (Å²) in [5, 5.41) is 6.72. The molecule has 62 heavy (non-hydrogen) atoms. The third-order valence-electron chi connectivity index (χ3n) is 16.1. The lowest BCUT2D eigenvalue weighted by molar-refractivity contribution is -0.227. The number of hydrogen-bond acceptors (Lipinski definition) is 13. The summed E-state index contributed by atoms with van der Waals surface area (Å²) in [6, 6.07) is 0. The Morgan fingerprint density at radius 2 is 1.55 bits per heavy atom. The Labute approximate surface area is 363 Å². The number of halogens is 2. The van der Waals surface area contributed by atoms with Gasteiger partial charge >= 0.3 is 45.2 Å². The number of hydrogen-bond donors (Lipinski definition) is 2. The van der Waals surface area contributed by atoms with E-state index in [4.69, 9.17) is 28.2 Å². The van der Waals surface area contributed by atoms with Crippen LogP contribution in [0, 0.1) is 58.2 Å². The van der Waals surface area contributed by atoms with Gasteiger partial charge in [0.25, 0.3) is 0 Å². The van der Waals surface area contributed by atoms with Gasteiger partial charge in [0.05, 0.1) is 34.9 Å². The van der Waals surface area contributed by atoms with Crippen LogP contribution in [0.2, 0.25) is 0 Å². The van der Waals surface area contributed by atoms with Crippen LogP contribution >= 0.6 is 0 Å². The zero-order valence-electron chi connectivity index (χ0n) is 36.8. The van der Waals surface area contributed by atoms with E-state index in [-0.39, 0.29) is 50.0 Å². The van der Waals surface area contributed by atoms with Crippen molar-refractivity contribution < 1.29 is 74.5 Å². The van der Waals surface area contributed by atoms with E-state index in [2.05, 4.69) is 6.92 Å². The number of esters is 5. The first kappa shape index (κ1) is 47.1. The van der Waals surface area contributed by atoms with Gasteiger partial charge in [0.15, 0.2) is 6.61 Å². The molecule has 0 aromatic rings. The highest BCUT2D eigenvalue weighted by atomic mass is 32.2. The molecule has 8 rings (SSSR count). The number of ether oxygens (including phenoxy) is 5. The van der Waals surface area contributed by atoms with Gasteiger partial charge in [-0.1, -0.05) is 6.92 Å². The normalized spacial score (nSPS) is 35.5. The molecule has 350 valence electrons. The topological polar surface area (TPSA) is 206 Å². The first-order valence-corrected chi connectivity index (χ1v) is 24.2. The Hall–Kier alpha value is -2.92. The molecule has 10 unspecified atom stereocenters. The lowest BCUT2D eigenvalue weighted by atomic mass is 9.52. The molecular formula is C45H66F2O14S. The molecule has 17 heteroatoms. The second-order valence-corrected chi connectivity index (χ2v) is 23.5. The summed E-state index contributed by atoms with van der Waals surface area (Å²) in [4.78, 5) is 70.4. The minimum absolute atomic E-state index is 0.0322. The summed E-state index contributed by atoms with van der Waals surface area (Å²) in [5.41, 5.74) is -6.35. The molecule has 8 aliphatic rings. The van der Waals surface area contributed by atoms with Crippen LogP contribution in [0.5, 0.6) is 0 Å².